The van der Waals surface area contributed by atoms with E-state index in [1.54, 1.807) is 22.9 Å². The molecule has 1 amide bonds. The molecule has 0 atom stereocenters. The van der Waals surface area contributed by atoms with Crippen LogP contribution in [0, 0.1) is 6.92 Å². The van der Waals surface area contributed by atoms with Gasteiger partial charge in [0.25, 0.3) is 0 Å². The molecule has 1 aromatic heterocycles. The third-order valence-corrected chi connectivity index (χ3v) is 2.98. The van der Waals surface area contributed by atoms with Crippen molar-refractivity contribution in [3.05, 3.63) is 53.9 Å². The van der Waals surface area contributed by atoms with Gasteiger partial charge in [-0.1, -0.05) is 18.2 Å². The highest BCUT2D eigenvalue weighted by Crippen LogP contribution is 2.13. The maximum Gasteiger partial charge on any atom is 0.226 e. The number of benzene rings is 1. The topological polar surface area (TPSA) is 51.1 Å². The van der Waals surface area contributed by atoms with Gasteiger partial charge in [0.05, 0.1) is 5.69 Å². The van der Waals surface area contributed by atoms with Crippen molar-refractivity contribution in [3.8, 4) is 0 Å². The number of hydrogen-bond acceptors (Lipinski definition) is 2. The highest BCUT2D eigenvalue weighted by molar-refractivity contribution is 5.91. The molecule has 19 heavy (non-hydrogen) atoms. The lowest BCUT2D eigenvalue weighted by Gasteiger charge is -2.09. The minimum atomic E-state index is -0.0557. The van der Waals surface area contributed by atoms with E-state index in [2.05, 4.69) is 5.32 Å². The van der Waals surface area contributed by atoms with Gasteiger partial charge in [0.2, 0.25) is 5.91 Å². The van der Waals surface area contributed by atoms with Gasteiger partial charge < -0.3 is 9.88 Å². The Labute approximate surface area is 112 Å². The summed E-state index contributed by atoms with van der Waals surface area (Å²) in [6.07, 6.45) is 2.92. The van der Waals surface area contributed by atoms with Crippen LogP contribution >= 0.6 is 0 Å². The van der Waals surface area contributed by atoms with E-state index < -0.39 is 0 Å². The molecule has 4 heteroatoms. The van der Waals surface area contributed by atoms with Gasteiger partial charge in [0.15, 0.2) is 6.29 Å². The fraction of sp³-hybridized carbons (Fsp3) is 0.200. The first kappa shape index (κ1) is 13.1. The molecule has 4 nitrogen and oxygen atoms in total. The molecule has 0 spiro atoms. The van der Waals surface area contributed by atoms with Crippen molar-refractivity contribution in [2.45, 2.75) is 19.9 Å². The predicted octanol–water partition coefficient (Wildman–Crippen LogP) is 2.64. The quantitative estimate of drug-likeness (QED) is 0.836. The predicted molar refractivity (Wildman–Crippen MR) is 74.2 cm³/mol. The lowest BCUT2D eigenvalue weighted by molar-refractivity contribution is -0.116. The van der Waals surface area contributed by atoms with Gasteiger partial charge in [-0.15, -0.1) is 0 Å². The third-order valence-electron chi connectivity index (χ3n) is 2.98. The summed E-state index contributed by atoms with van der Waals surface area (Å²) in [6, 6.07) is 11.2. The second kappa shape index (κ2) is 6.00. The molecule has 0 bridgehead atoms. The van der Waals surface area contributed by atoms with Gasteiger partial charge in [-0.3, -0.25) is 9.59 Å². The van der Waals surface area contributed by atoms with E-state index in [0.29, 0.717) is 18.7 Å². The summed E-state index contributed by atoms with van der Waals surface area (Å²) < 4.78 is 1.77. The summed E-state index contributed by atoms with van der Waals surface area (Å²) in [5, 5.41) is 2.87. The Balaban J connectivity index is 1.92. The number of rotatable bonds is 5. The van der Waals surface area contributed by atoms with Crippen LogP contribution in [-0.2, 0) is 11.3 Å². The molecule has 0 radical (unpaired) electrons. The van der Waals surface area contributed by atoms with E-state index in [-0.39, 0.29) is 5.91 Å². The molecule has 0 fully saturated rings. The second-order valence-electron chi connectivity index (χ2n) is 4.36. The average Bonchev–Trinajstić information content (AvgIpc) is 2.86. The number of para-hydroxylation sites is 1. The van der Waals surface area contributed by atoms with Crippen LogP contribution in [0.2, 0.25) is 0 Å². The van der Waals surface area contributed by atoms with Crippen molar-refractivity contribution >= 4 is 17.9 Å². The van der Waals surface area contributed by atoms with Crippen molar-refractivity contribution in [1.29, 1.82) is 0 Å². The van der Waals surface area contributed by atoms with Gasteiger partial charge in [0.1, 0.15) is 0 Å². The van der Waals surface area contributed by atoms with Crippen molar-refractivity contribution in [1.82, 2.24) is 4.57 Å². The van der Waals surface area contributed by atoms with Crippen molar-refractivity contribution in [2.24, 2.45) is 0 Å². The Morgan fingerprint density at radius 2 is 2.05 bits per heavy atom. The van der Waals surface area contributed by atoms with Crippen LogP contribution in [0.1, 0.15) is 22.5 Å². The van der Waals surface area contributed by atoms with Gasteiger partial charge in [-0.2, -0.15) is 0 Å². The standard InChI is InChI=1S/C15H16N2O2/c1-12-5-2-3-7-14(12)16-15(19)8-10-17-9-4-6-13(17)11-18/h2-7,9,11H,8,10H2,1H3,(H,16,19). The Hall–Kier alpha value is -2.36. The zero-order valence-corrected chi connectivity index (χ0v) is 10.8. The molecule has 98 valence electrons. The van der Waals surface area contributed by atoms with E-state index >= 15 is 0 Å². The summed E-state index contributed by atoms with van der Waals surface area (Å²) in [4.78, 5) is 22.6. The summed E-state index contributed by atoms with van der Waals surface area (Å²) >= 11 is 0. The first-order valence-electron chi connectivity index (χ1n) is 6.16. The van der Waals surface area contributed by atoms with Gasteiger partial charge >= 0.3 is 0 Å². The number of aryl methyl sites for hydroxylation is 2. The maximum absolute atomic E-state index is 11.8. The number of aldehydes is 1. The van der Waals surface area contributed by atoms with Crippen molar-refractivity contribution in [2.75, 3.05) is 5.32 Å². The summed E-state index contributed by atoms with van der Waals surface area (Å²) in [7, 11) is 0. The van der Waals surface area contributed by atoms with Crippen molar-refractivity contribution in [3.63, 3.8) is 0 Å². The number of nitrogens with one attached hydrogen (secondary N) is 1. The van der Waals surface area contributed by atoms with Crippen LogP contribution in [0.25, 0.3) is 0 Å². The molecule has 1 aromatic carbocycles. The highest BCUT2D eigenvalue weighted by atomic mass is 16.1. The van der Waals surface area contributed by atoms with Gasteiger partial charge in [0, 0.05) is 24.8 Å². The normalized spacial score (nSPS) is 10.2. The van der Waals surface area contributed by atoms with E-state index in [9.17, 15) is 9.59 Å². The number of aromatic nitrogens is 1. The number of amides is 1. The first-order valence-corrected chi connectivity index (χ1v) is 6.16. The SMILES string of the molecule is Cc1ccccc1NC(=O)CCn1cccc1C=O. The largest absolute Gasteiger partial charge is 0.345 e. The van der Waals surface area contributed by atoms with E-state index in [4.69, 9.17) is 0 Å². The number of anilines is 1. The monoisotopic (exact) mass is 256 g/mol. The number of carbonyl (C=O) groups is 2. The molecule has 1 heterocycles. The first-order chi connectivity index (χ1) is 9.20. The third kappa shape index (κ3) is 3.31. The number of nitrogens with zero attached hydrogens (tertiary/aromatic N) is 1. The van der Waals surface area contributed by atoms with Crippen LogP contribution in [0.15, 0.2) is 42.6 Å². The number of carbonyl (C=O) groups excluding carboxylic acids is 2. The minimum Gasteiger partial charge on any atom is -0.345 e. The molecule has 0 aliphatic rings. The smallest absolute Gasteiger partial charge is 0.226 e. The summed E-state index contributed by atoms with van der Waals surface area (Å²) in [5.41, 5.74) is 2.45. The molecule has 2 rings (SSSR count). The molecule has 0 saturated carbocycles. The fourth-order valence-electron chi connectivity index (χ4n) is 1.89. The molecular weight excluding hydrogens is 240 g/mol. The Bertz CT molecular complexity index is 587. The lowest BCUT2D eigenvalue weighted by atomic mass is 10.2. The molecule has 0 unspecified atom stereocenters. The fourth-order valence-corrected chi connectivity index (χ4v) is 1.89. The Morgan fingerprint density at radius 1 is 1.26 bits per heavy atom. The van der Waals surface area contributed by atoms with Crippen LogP contribution < -0.4 is 5.32 Å². The molecule has 0 saturated heterocycles. The molecule has 0 aliphatic heterocycles. The van der Waals surface area contributed by atoms with E-state index in [1.165, 1.54) is 0 Å². The van der Waals surface area contributed by atoms with Crippen LogP contribution in [0.4, 0.5) is 5.69 Å². The van der Waals surface area contributed by atoms with Gasteiger partial charge in [-0.05, 0) is 30.7 Å². The maximum atomic E-state index is 11.8. The van der Waals surface area contributed by atoms with Crippen LogP contribution in [0.5, 0.6) is 0 Å². The van der Waals surface area contributed by atoms with E-state index in [1.807, 2.05) is 31.2 Å². The molecule has 0 aliphatic carbocycles. The van der Waals surface area contributed by atoms with Gasteiger partial charge in [-0.25, -0.2) is 0 Å². The molecular formula is C15H16N2O2. The molecule has 2 aromatic rings. The zero-order valence-electron chi connectivity index (χ0n) is 10.8. The lowest BCUT2D eigenvalue weighted by Crippen LogP contribution is -2.15. The van der Waals surface area contributed by atoms with Crippen molar-refractivity contribution < 1.29 is 9.59 Å². The minimum absolute atomic E-state index is 0.0557. The van der Waals surface area contributed by atoms with Crippen LogP contribution in [0.3, 0.4) is 0 Å². The van der Waals surface area contributed by atoms with E-state index in [0.717, 1.165) is 17.5 Å². The van der Waals surface area contributed by atoms with Crippen LogP contribution in [-0.4, -0.2) is 16.8 Å². The zero-order chi connectivity index (χ0) is 13.7. The molecule has 1 N–H and O–H groups in total. The average molecular weight is 256 g/mol. The highest BCUT2D eigenvalue weighted by Gasteiger charge is 2.06. The second-order valence-corrected chi connectivity index (χ2v) is 4.36. The Morgan fingerprint density at radius 3 is 2.79 bits per heavy atom. The Kier molecular flexibility index (Phi) is 4.13. The summed E-state index contributed by atoms with van der Waals surface area (Å²) in [6.45, 7) is 2.45. The number of hydrogen-bond donors (Lipinski definition) is 1. The summed E-state index contributed by atoms with van der Waals surface area (Å²) in [5.74, 6) is -0.0557.